The number of hydrogen-bond donors (Lipinski definition) is 0. The molecule has 0 bridgehead atoms. The van der Waals surface area contributed by atoms with Crippen molar-refractivity contribution in [3.8, 4) is 0 Å². The fourth-order valence-electron chi connectivity index (χ4n) is 2.57. The average molecular weight is 373 g/mol. The molecular formula is C19H16FNO4S. The van der Waals surface area contributed by atoms with E-state index >= 15 is 0 Å². The summed E-state index contributed by atoms with van der Waals surface area (Å²) >= 11 is 1.47. The number of esters is 1. The van der Waals surface area contributed by atoms with Crippen molar-refractivity contribution in [3.05, 3.63) is 59.9 Å². The van der Waals surface area contributed by atoms with Crippen LogP contribution in [-0.2, 0) is 14.3 Å². The molecule has 26 heavy (non-hydrogen) atoms. The molecule has 0 radical (unpaired) electrons. The van der Waals surface area contributed by atoms with Crippen LogP contribution in [0.3, 0.4) is 0 Å². The number of thioether (sulfide) groups is 1. The first kappa shape index (κ1) is 18.1. The Morgan fingerprint density at radius 1 is 1.15 bits per heavy atom. The van der Waals surface area contributed by atoms with Gasteiger partial charge in [0.25, 0.3) is 0 Å². The molecule has 0 aliphatic carbocycles. The van der Waals surface area contributed by atoms with E-state index in [1.165, 1.54) is 30.0 Å². The number of ether oxygens (including phenoxy) is 1. The number of anilines is 1. The van der Waals surface area contributed by atoms with Crippen LogP contribution in [-0.4, -0.2) is 36.6 Å². The van der Waals surface area contributed by atoms with Gasteiger partial charge in [0.05, 0.1) is 17.9 Å². The Hall–Kier alpha value is -2.67. The van der Waals surface area contributed by atoms with Crippen molar-refractivity contribution in [2.75, 3.05) is 23.8 Å². The standard InChI is InChI=1S/C19H16FNO4S/c20-14-5-3-4-13(10-14)16(22)11-25-19(24)8-9-21-15-6-1-2-7-17(15)26-12-18(21)23/h1-7,10H,8-9,11-12H2. The number of rotatable bonds is 6. The molecule has 0 spiro atoms. The van der Waals surface area contributed by atoms with Gasteiger partial charge in [-0.1, -0.05) is 24.3 Å². The minimum atomic E-state index is -0.585. The van der Waals surface area contributed by atoms with Gasteiger partial charge in [-0.2, -0.15) is 0 Å². The number of hydrogen-bond acceptors (Lipinski definition) is 5. The van der Waals surface area contributed by atoms with E-state index in [4.69, 9.17) is 4.74 Å². The van der Waals surface area contributed by atoms with Crippen LogP contribution in [0.15, 0.2) is 53.4 Å². The van der Waals surface area contributed by atoms with Crippen molar-refractivity contribution in [1.82, 2.24) is 0 Å². The van der Waals surface area contributed by atoms with Crippen LogP contribution in [0.2, 0.25) is 0 Å². The molecule has 0 unspecified atom stereocenters. The minimum absolute atomic E-state index is 0.0266. The van der Waals surface area contributed by atoms with Crippen LogP contribution in [0.4, 0.5) is 10.1 Å². The second-order valence-electron chi connectivity index (χ2n) is 5.65. The first-order valence-electron chi connectivity index (χ1n) is 8.01. The SMILES string of the molecule is O=C(CCN1C(=O)CSc2ccccc21)OCC(=O)c1cccc(F)c1. The molecule has 1 heterocycles. The number of halogens is 1. The number of nitrogens with zero attached hydrogens (tertiary/aromatic N) is 1. The molecule has 0 saturated heterocycles. The molecule has 1 aliphatic rings. The number of amides is 1. The second kappa shape index (κ2) is 8.14. The highest BCUT2D eigenvalue weighted by Gasteiger charge is 2.25. The topological polar surface area (TPSA) is 63.7 Å². The predicted molar refractivity (Wildman–Crippen MR) is 95.8 cm³/mol. The van der Waals surface area contributed by atoms with Gasteiger partial charge in [0.2, 0.25) is 5.91 Å². The zero-order valence-electron chi connectivity index (χ0n) is 13.8. The molecule has 7 heteroatoms. The van der Waals surface area contributed by atoms with E-state index in [0.29, 0.717) is 5.75 Å². The highest BCUT2D eigenvalue weighted by atomic mass is 32.2. The Bertz CT molecular complexity index is 855. The van der Waals surface area contributed by atoms with Gasteiger partial charge >= 0.3 is 5.97 Å². The average Bonchev–Trinajstić information content (AvgIpc) is 2.65. The highest BCUT2D eigenvalue weighted by Crippen LogP contribution is 2.34. The Kier molecular flexibility index (Phi) is 5.68. The van der Waals surface area contributed by atoms with Gasteiger partial charge < -0.3 is 9.64 Å². The molecule has 0 saturated carbocycles. The van der Waals surface area contributed by atoms with E-state index in [-0.39, 0.29) is 24.4 Å². The normalized spacial score (nSPS) is 13.3. The third-order valence-corrected chi connectivity index (χ3v) is 4.91. The maximum absolute atomic E-state index is 13.1. The number of benzene rings is 2. The molecule has 0 aromatic heterocycles. The van der Waals surface area contributed by atoms with E-state index in [0.717, 1.165) is 16.6 Å². The minimum Gasteiger partial charge on any atom is -0.457 e. The van der Waals surface area contributed by atoms with Gasteiger partial charge in [0.15, 0.2) is 12.4 Å². The lowest BCUT2D eigenvalue weighted by molar-refractivity contribution is -0.142. The van der Waals surface area contributed by atoms with Crippen LogP contribution < -0.4 is 4.90 Å². The summed E-state index contributed by atoms with van der Waals surface area (Å²) in [4.78, 5) is 38.5. The lowest BCUT2D eigenvalue weighted by Gasteiger charge is -2.28. The van der Waals surface area contributed by atoms with Gasteiger partial charge in [-0.15, -0.1) is 11.8 Å². The van der Waals surface area contributed by atoms with Crippen LogP contribution in [0.1, 0.15) is 16.8 Å². The van der Waals surface area contributed by atoms with Crippen LogP contribution in [0.25, 0.3) is 0 Å². The van der Waals surface area contributed by atoms with E-state index in [2.05, 4.69) is 0 Å². The Labute approximate surface area is 154 Å². The largest absolute Gasteiger partial charge is 0.457 e. The van der Waals surface area contributed by atoms with Gasteiger partial charge in [0, 0.05) is 17.0 Å². The number of carbonyl (C=O) groups is 3. The molecule has 3 rings (SSSR count). The molecule has 5 nitrogen and oxygen atoms in total. The summed E-state index contributed by atoms with van der Waals surface area (Å²) < 4.78 is 18.1. The third kappa shape index (κ3) is 4.29. The second-order valence-corrected chi connectivity index (χ2v) is 6.66. The molecule has 2 aromatic carbocycles. The summed E-state index contributed by atoms with van der Waals surface area (Å²) in [5.74, 6) is -1.34. The summed E-state index contributed by atoms with van der Waals surface area (Å²) in [7, 11) is 0. The zero-order chi connectivity index (χ0) is 18.5. The van der Waals surface area contributed by atoms with Crippen molar-refractivity contribution in [2.45, 2.75) is 11.3 Å². The summed E-state index contributed by atoms with van der Waals surface area (Å²) in [6.45, 7) is -0.272. The fourth-order valence-corrected chi connectivity index (χ4v) is 3.50. The number of carbonyl (C=O) groups excluding carboxylic acids is 3. The van der Waals surface area contributed by atoms with Crippen molar-refractivity contribution >= 4 is 35.1 Å². The molecule has 1 amide bonds. The molecule has 0 fully saturated rings. The monoisotopic (exact) mass is 373 g/mol. The van der Waals surface area contributed by atoms with Gasteiger partial charge in [-0.05, 0) is 24.3 Å². The maximum Gasteiger partial charge on any atom is 0.308 e. The predicted octanol–water partition coefficient (Wildman–Crippen LogP) is 3.08. The molecule has 1 aliphatic heterocycles. The lowest BCUT2D eigenvalue weighted by Crippen LogP contribution is -2.37. The van der Waals surface area contributed by atoms with Crippen molar-refractivity contribution in [2.24, 2.45) is 0 Å². The quantitative estimate of drug-likeness (QED) is 0.575. The van der Waals surface area contributed by atoms with Crippen LogP contribution in [0, 0.1) is 5.82 Å². The number of ketones is 1. The van der Waals surface area contributed by atoms with Gasteiger partial charge in [-0.3, -0.25) is 14.4 Å². The summed E-state index contributed by atoms with van der Waals surface area (Å²) in [5.41, 5.74) is 0.923. The lowest BCUT2D eigenvalue weighted by atomic mass is 10.1. The maximum atomic E-state index is 13.1. The highest BCUT2D eigenvalue weighted by molar-refractivity contribution is 8.00. The number of para-hydroxylation sites is 1. The Morgan fingerprint density at radius 3 is 2.77 bits per heavy atom. The van der Waals surface area contributed by atoms with E-state index in [1.807, 2.05) is 24.3 Å². The van der Waals surface area contributed by atoms with Crippen LogP contribution in [0.5, 0.6) is 0 Å². The van der Waals surface area contributed by atoms with Crippen molar-refractivity contribution < 1.29 is 23.5 Å². The molecule has 134 valence electrons. The molecular weight excluding hydrogens is 357 g/mol. The van der Waals surface area contributed by atoms with E-state index in [9.17, 15) is 18.8 Å². The van der Waals surface area contributed by atoms with Crippen LogP contribution >= 0.6 is 11.8 Å². The van der Waals surface area contributed by atoms with Gasteiger partial charge in [0.1, 0.15) is 5.82 Å². The Balaban J connectivity index is 1.53. The summed E-state index contributed by atoms with van der Waals surface area (Å²) in [6.07, 6.45) is -0.0266. The first-order valence-corrected chi connectivity index (χ1v) is 9.00. The molecule has 0 atom stereocenters. The summed E-state index contributed by atoms with van der Waals surface area (Å²) in [5, 5.41) is 0. The summed E-state index contributed by atoms with van der Waals surface area (Å²) in [6, 6.07) is 12.7. The Morgan fingerprint density at radius 2 is 1.96 bits per heavy atom. The smallest absolute Gasteiger partial charge is 0.308 e. The third-order valence-electron chi connectivity index (χ3n) is 3.86. The van der Waals surface area contributed by atoms with E-state index < -0.39 is 24.2 Å². The molecule has 2 aromatic rings. The number of fused-ring (bicyclic) bond motifs is 1. The van der Waals surface area contributed by atoms with Crippen molar-refractivity contribution in [3.63, 3.8) is 0 Å². The van der Waals surface area contributed by atoms with Crippen molar-refractivity contribution in [1.29, 1.82) is 0 Å². The fraction of sp³-hybridized carbons (Fsp3) is 0.211. The van der Waals surface area contributed by atoms with Gasteiger partial charge in [-0.25, -0.2) is 4.39 Å². The zero-order valence-corrected chi connectivity index (χ0v) is 14.6. The van der Waals surface area contributed by atoms with E-state index in [1.54, 1.807) is 4.90 Å². The number of Topliss-reactive ketones (excluding diaryl/α,β-unsaturated/α-hetero) is 1. The molecule has 0 N–H and O–H groups in total. The first-order chi connectivity index (χ1) is 12.5.